The molecule has 17 heavy (non-hydrogen) atoms. The van der Waals surface area contributed by atoms with Crippen LogP contribution in [0.25, 0.3) is 0 Å². The van der Waals surface area contributed by atoms with Crippen molar-refractivity contribution in [3.63, 3.8) is 0 Å². The molecule has 0 spiro atoms. The van der Waals surface area contributed by atoms with Crippen LogP contribution in [0.15, 0.2) is 29.4 Å². The Morgan fingerprint density at radius 2 is 1.94 bits per heavy atom. The average molecular weight is 237 g/mol. The number of amides is 1. The zero-order chi connectivity index (χ0) is 12.8. The molecule has 0 aliphatic heterocycles. The summed E-state index contributed by atoms with van der Waals surface area (Å²) in [4.78, 5) is 31.1. The Balaban J connectivity index is 2.70. The molecule has 0 bridgehead atoms. The van der Waals surface area contributed by atoms with Crippen LogP contribution in [-0.4, -0.2) is 28.1 Å². The van der Waals surface area contributed by atoms with Gasteiger partial charge in [-0.25, -0.2) is 10.2 Å². The molecular formula is C9H7N3O5. The lowest BCUT2D eigenvalue weighted by atomic mass is 10.2. The lowest BCUT2D eigenvalue weighted by Gasteiger charge is -1.98. The van der Waals surface area contributed by atoms with Crippen molar-refractivity contribution in [1.29, 1.82) is 0 Å². The average Bonchev–Trinajstić information content (AvgIpc) is 2.28. The molecule has 88 valence electrons. The van der Waals surface area contributed by atoms with E-state index in [9.17, 15) is 19.7 Å². The van der Waals surface area contributed by atoms with Gasteiger partial charge in [-0.15, -0.1) is 0 Å². The maximum Gasteiger partial charge on any atom is 0.348 e. The molecule has 2 N–H and O–H groups in total. The first-order valence-electron chi connectivity index (χ1n) is 4.31. The standard InChI is InChI=1S/C9H7N3O5/c13-8(14)5-10-11-9(15)6-1-3-7(4-2-6)12(16)17/h1-5H,(H,11,15)(H,13,14)/b10-5-. The second-order valence-electron chi connectivity index (χ2n) is 2.84. The molecule has 1 rings (SSSR count). The van der Waals surface area contributed by atoms with E-state index in [1.54, 1.807) is 0 Å². The summed E-state index contributed by atoms with van der Waals surface area (Å²) in [7, 11) is 0. The first-order valence-corrected chi connectivity index (χ1v) is 4.31. The van der Waals surface area contributed by atoms with E-state index >= 15 is 0 Å². The monoisotopic (exact) mass is 237 g/mol. The number of nitrogens with zero attached hydrogens (tertiary/aromatic N) is 2. The van der Waals surface area contributed by atoms with Crippen molar-refractivity contribution in [1.82, 2.24) is 5.43 Å². The smallest absolute Gasteiger partial charge is 0.348 e. The maximum atomic E-state index is 11.3. The van der Waals surface area contributed by atoms with E-state index in [1.807, 2.05) is 5.43 Å². The van der Waals surface area contributed by atoms with Gasteiger partial charge in [-0.05, 0) is 12.1 Å². The Morgan fingerprint density at radius 3 is 2.41 bits per heavy atom. The number of hydrazone groups is 1. The Labute approximate surface area is 94.7 Å². The highest BCUT2D eigenvalue weighted by atomic mass is 16.6. The van der Waals surface area contributed by atoms with Gasteiger partial charge in [-0.2, -0.15) is 5.10 Å². The quantitative estimate of drug-likeness (QED) is 0.445. The normalized spacial score (nSPS) is 10.1. The topological polar surface area (TPSA) is 122 Å². The van der Waals surface area contributed by atoms with Gasteiger partial charge in [-0.1, -0.05) is 0 Å². The summed E-state index contributed by atoms with van der Waals surface area (Å²) in [6, 6.07) is 4.80. The number of carboxylic acids is 1. The SMILES string of the molecule is O=C(O)/C=N\NC(=O)c1ccc([N+](=O)[O-])cc1. The number of nitro benzene ring substituents is 1. The molecule has 0 saturated carbocycles. The fraction of sp³-hybridized carbons (Fsp3) is 0. The summed E-state index contributed by atoms with van der Waals surface area (Å²) in [6.45, 7) is 0. The van der Waals surface area contributed by atoms with Crippen molar-refractivity contribution in [2.45, 2.75) is 0 Å². The second-order valence-corrected chi connectivity index (χ2v) is 2.84. The molecular weight excluding hydrogens is 230 g/mol. The van der Waals surface area contributed by atoms with E-state index in [-0.39, 0.29) is 11.3 Å². The minimum Gasteiger partial charge on any atom is -0.477 e. The zero-order valence-electron chi connectivity index (χ0n) is 8.36. The minimum atomic E-state index is -1.30. The molecule has 1 aromatic carbocycles. The number of carbonyl (C=O) groups is 2. The molecule has 0 aromatic heterocycles. The summed E-state index contributed by atoms with van der Waals surface area (Å²) in [6.07, 6.45) is 0.517. The van der Waals surface area contributed by atoms with Gasteiger partial charge in [0.25, 0.3) is 11.6 Å². The second kappa shape index (κ2) is 5.35. The van der Waals surface area contributed by atoms with Crippen LogP contribution in [0.1, 0.15) is 10.4 Å². The van der Waals surface area contributed by atoms with Crippen LogP contribution in [0.3, 0.4) is 0 Å². The number of nitro groups is 1. The molecule has 0 aliphatic rings. The summed E-state index contributed by atoms with van der Waals surface area (Å²) in [5.41, 5.74) is 1.95. The lowest BCUT2D eigenvalue weighted by Crippen LogP contribution is -2.18. The van der Waals surface area contributed by atoms with Gasteiger partial charge in [0.2, 0.25) is 0 Å². The number of carboxylic acid groups (broad SMARTS) is 1. The van der Waals surface area contributed by atoms with Gasteiger partial charge in [0.05, 0.1) is 4.92 Å². The summed E-state index contributed by atoms with van der Waals surface area (Å²) in [5.74, 6) is -1.95. The zero-order valence-corrected chi connectivity index (χ0v) is 8.36. The summed E-state index contributed by atoms with van der Waals surface area (Å²) in [5, 5.41) is 21.7. The number of aliphatic carboxylic acids is 1. The van der Waals surface area contributed by atoms with Gasteiger partial charge in [0.15, 0.2) is 0 Å². The molecule has 0 aliphatic carbocycles. The van der Waals surface area contributed by atoms with Crippen LogP contribution in [0.5, 0.6) is 0 Å². The number of hydrogen-bond acceptors (Lipinski definition) is 5. The van der Waals surface area contributed by atoms with Gasteiger partial charge < -0.3 is 5.11 Å². The third kappa shape index (κ3) is 3.70. The Kier molecular flexibility index (Phi) is 3.87. The fourth-order valence-electron chi connectivity index (χ4n) is 0.945. The third-order valence-electron chi connectivity index (χ3n) is 1.68. The predicted molar refractivity (Wildman–Crippen MR) is 56.7 cm³/mol. The summed E-state index contributed by atoms with van der Waals surface area (Å²) < 4.78 is 0. The molecule has 0 radical (unpaired) electrons. The maximum absolute atomic E-state index is 11.3. The largest absolute Gasteiger partial charge is 0.477 e. The molecule has 0 saturated heterocycles. The molecule has 0 fully saturated rings. The van der Waals surface area contributed by atoms with E-state index < -0.39 is 16.8 Å². The molecule has 1 aromatic rings. The lowest BCUT2D eigenvalue weighted by molar-refractivity contribution is -0.384. The van der Waals surface area contributed by atoms with Gasteiger partial charge in [-0.3, -0.25) is 14.9 Å². The van der Waals surface area contributed by atoms with Crippen LogP contribution in [0.2, 0.25) is 0 Å². The third-order valence-corrected chi connectivity index (χ3v) is 1.68. The van der Waals surface area contributed by atoms with Crippen molar-refractivity contribution < 1.29 is 19.6 Å². The highest BCUT2D eigenvalue weighted by Gasteiger charge is 2.08. The predicted octanol–water partition coefficient (Wildman–Crippen LogP) is 0.395. The van der Waals surface area contributed by atoms with Crippen LogP contribution in [0.4, 0.5) is 5.69 Å². The van der Waals surface area contributed by atoms with Gasteiger partial charge in [0.1, 0.15) is 6.21 Å². The summed E-state index contributed by atoms with van der Waals surface area (Å²) >= 11 is 0. The Bertz CT molecular complexity index is 480. The first-order chi connectivity index (χ1) is 8.00. The number of nitrogens with one attached hydrogen (secondary N) is 1. The number of carbonyl (C=O) groups excluding carboxylic acids is 1. The van der Waals surface area contributed by atoms with Crippen molar-refractivity contribution >= 4 is 23.8 Å². The minimum absolute atomic E-state index is 0.137. The molecule has 8 heteroatoms. The Hall–Kier alpha value is -2.77. The van der Waals surface area contributed by atoms with Crippen LogP contribution in [0, 0.1) is 10.1 Å². The van der Waals surface area contributed by atoms with Crippen molar-refractivity contribution in [3.8, 4) is 0 Å². The Morgan fingerprint density at radius 1 is 1.35 bits per heavy atom. The highest BCUT2D eigenvalue weighted by Crippen LogP contribution is 2.11. The van der Waals surface area contributed by atoms with E-state index in [2.05, 4.69) is 5.10 Å². The highest BCUT2D eigenvalue weighted by molar-refractivity contribution is 6.22. The molecule has 0 unspecified atom stereocenters. The van der Waals surface area contributed by atoms with Crippen molar-refractivity contribution in [3.05, 3.63) is 39.9 Å². The first kappa shape index (κ1) is 12.3. The van der Waals surface area contributed by atoms with Crippen LogP contribution >= 0.6 is 0 Å². The fourth-order valence-corrected chi connectivity index (χ4v) is 0.945. The number of rotatable bonds is 4. The molecule has 0 heterocycles. The van der Waals surface area contributed by atoms with E-state index in [4.69, 9.17) is 5.11 Å². The van der Waals surface area contributed by atoms with Crippen molar-refractivity contribution in [2.75, 3.05) is 0 Å². The van der Waals surface area contributed by atoms with E-state index in [1.165, 1.54) is 12.1 Å². The van der Waals surface area contributed by atoms with Crippen LogP contribution in [-0.2, 0) is 4.79 Å². The van der Waals surface area contributed by atoms with E-state index in [0.29, 0.717) is 6.21 Å². The number of non-ortho nitro benzene ring substituents is 1. The number of benzene rings is 1. The molecule has 0 atom stereocenters. The van der Waals surface area contributed by atoms with Gasteiger partial charge in [0, 0.05) is 17.7 Å². The number of hydrogen-bond donors (Lipinski definition) is 2. The van der Waals surface area contributed by atoms with Gasteiger partial charge >= 0.3 is 5.97 Å². The molecule has 8 nitrogen and oxygen atoms in total. The van der Waals surface area contributed by atoms with Crippen LogP contribution < -0.4 is 5.43 Å². The van der Waals surface area contributed by atoms with E-state index in [0.717, 1.165) is 12.1 Å². The van der Waals surface area contributed by atoms with Crippen molar-refractivity contribution in [2.24, 2.45) is 5.10 Å². The molecule has 1 amide bonds.